The maximum absolute atomic E-state index is 10.3. The number of hydrogen-bond donors (Lipinski definition) is 1. The number of ether oxygens (including phenoxy) is 1. The summed E-state index contributed by atoms with van der Waals surface area (Å²) in [5.41, 5.74) is 0.315. The van der Waals surface area contributed by atoms with Crippen LogP contribution in [0, 0.1) is 14.9 Å². The molecule has 0 aliphatic heterocycles. The van der Waals surface area contributed by atoms with Gasteiger partial charge in [-0.1, -0.05) is 15.9 Å². The van der Waals surface area contributed by atoms with Crippen molar-refractivity contribution in [3.8, 4) is 11.8 Å². The fraction of sp³-hybridized carbons (Fsp3) is 0.111. The number of carboxylic acids is 1. The van der Waals surface area contributed by atoms with Crippen molar-refractivity contribution >= 4 is 44.5 Å². The Kier molecular flexibility index (Phi) is 4.35. The highest BCUT2D eigenvalue weighted by Crippen LogP contribution is 2.29. The SMILES string of the molecule is N#Cc1cc(Br)cc(I)c1OCC(=O)O. The Morgan fingerprint density at radius 2 is 2.33 bits per heavy atom. The van der Waals surface area contributed by atoms with Gasteiger partial charge in [0.15, 0.2) is 12.4 Å². The minimum atomic E-state index is -1.07. The molecule has 0 fully saturated rings. The molecular formula is C9H5BrINO3. The van der Waals surface area contributed by atoms with Crippen molar-refractivity contribution < 1.29 is 14.6 Å². The molecule has 0 unspecified atom stereocenters. The number of carbonyl (C=O) groups is 1. The summed E-state index contributed by atoms with van der Waals surface area (Å²) in [6.07, 6.45) is 0. The summed E-state index contributed by atoms with van der Waals surface area (Å²) in [4.78, 5) is 10.3. The summed E-state index contributed by atoms with van der Waals surface area (Å²) in [7, 11) is 0. The van der Waals surface area contributed by atoms with Crippen LogP contribution in [-0.2, 0) is 4.79 Å². The molecule has 1 aromatic rings. The summed E-state index contributed by atoms with van der Waals surface area (Å²) in [5.74, 6) is -0.763. The predicted molar refractivity (Wildman–Crippen MR) is 64.7 cm³/mol. The minimum Gasteiger partial charge on any atom is -0.479 e. The molecule has 0 saturated carbocycles. The van der Waals surface area contributed by atoms with Crippen molar-refractivity contribution in [2.24, 2.45) is 0 Å². The number of aliphatic carboxylic acids is 1. The second-order valence-electron chi connectivity index (χ2n) is 2.56. The normalized spacial score (nSPS) is 9.40. The van der Waals surface area contributed by atoms with Gasteiger partial charge in [-0.2, -0.15) is 5.26 Å². The third-order valence-corrected chi connectivity index (χ3v) is 2.73. The molecule has 78 valence electrons. The first-order chi connectivity index (χ1) is 7.04. The van der Waals surface area contributed by atoms with Gasteiger partial charge in [0.05, 0.1) is 9.13 Å². The van der Waals surface area contributed by atoms with Crippen molar-refractivity contribution in [3.63, 3.8) is 0 Å². The zero-order chi connectivity index (χ0) is 11.4. The van der Waals surface area contributed by atoms with Gasteiger partial charge < -0.3 is 9.84 Å². The van der Waals surface area contributed by atoms with Crippen LogP contribution in [-0.4, -0.2) is 17.7 Å². The summed E-state index contributed by atoms with van der Waals surface area (Å²) in [6, 6.07) is 5.28. The molecule has 0 amide bonds. The Bertz CT molecular complexity index is 442. The van der Waals surface area contributed by atoms with Gasteiger partial charge in [0.1, 0.15) is 6.07 Å². The van der Waals surface area contributed by atoms with Crippen molar-refractivity contribution in [2.75, 3.05) is 6.61 Å². The molecule has 0 spiro atoms. The van der Waals surface area contributed by atoms with Gasteiger partial charge in [0, 0.05) is 4.47 Å². The maximum atomic E-state index is 10.3. The van der Waals surface area contributed by atoms with Crippen molar-refractivity contribution in [1.82, 2.24) is 0 Å². The van der Waals surface area contributed by atoms with Crippen LogP contribution in [0.5, 0.6) is 5.75 Å². The van der Waals surface area contributed by atoms with Crippen LogP contribution >= 0.6 is 38.5 Å². The molecule has 0 saturated heterocycles. The van der Waals surface area contributed by atoms with Crippen molar-refractivity contribution in [1.29, 1.82) is 5.26 Å². The molecule has 0 aliphatic carbocycles. The van der Waals surface area contributed by atoms with E-state index in [0.717, 1.165) is 4.47 Å². The fourth-order valence-electron chi connectivity index (χ4n) is 0.924. The molecule has 4 nitrogen and oxygen atoms in total. The lowest BCUT2D eigenvalue weighted by Gasteiger charge is -2.08. The molecule has 6 heteroatoms. The molecule has 0 atom stereocenters. The van der Waals surface area contributed by atoms with E-state index < -0.39 is 12.6 Å². The number of benzene rings is 1. The number of halogens is 2. The van der Waals surface area contributed by atoms with Crippen LogP contribution in [0.1, 0.15) is 5.56 Å². The van der Waals surface area contributed by atoms with Gasteiger partial charge in [-0.05, 0) is 34.7 Å². The van der Waals surface area contributed by atoms with E-state index in [-0.39, 0.29) is 0 Å². The van der Waals surface area contributed by atoms with Crippen LogP contribution in [0.4, 0.5) is 0 Å². The Morgan fingerprint density at radius 3 is 2.87 bits per heavy atom. The number of nitrogens with zero attached hydrogens (tertiary/aromatic N) is 1. The van der Waals surface area contributed by atoms with E-state index in [1.807, 2.05) is 28.7 Å². The Balaban J connectivity index is 3.05. The van der Waals surface area contributed by atoms with Crippen LogP contribution in [0.15, 0.2) is 16.6 Å². The molecule has 0 aromatic heterocycles. The third kappa shape index (κ3) is 3.35. The lowest BCUT2D eigenvalue weighted by atomic mass is 10.2. The molecule has 0 radical (unpaired) electrons. The van der Waals surface area contributed by atoms with Gasteiger partial charge in [0.2, 0.25) is 0 Å². The largest absolute Gasteiger partial charge is 0.479 e. The van der Waals surface area contributed by atoms with Crippen LogP contribution in [0.3, 0.4) is 0 Å². The second kappa shape index (κ2) is 5.32. The van der Waals surface area contributed by atoms with Gasteiger partial charge in [-0.15, -0.1) is 0 Å². The number of carboxylic acid groups (broad SMARTS) is 1. The zero-order valence-corrected chi connectivity index (χ0v) is 11.1. The van der Waals surface area contributed by atoms with Crippen molar-refractivity contribution in [3.05, 3.63) is 25.7 Å². The second-order valence-corrected chi connectivity index (χ2v) is 4.64. The third-order valence-electron chi connectivity index (χ3n) is 1.47. The Labute approximate surface area is 108 Å². The topological polar surface area (TPSA) is 70.3 Å². The molecule has 1 aromatic carbocycles. The predicted octanol–water partition coefficient (Wildman–Crippen LogP) is 2.39. The first-order valence-corrected chi connectivity index (χ1v) is 5.65. The van der Waals surface area contributed by atoms with E-state index in [1.54, 1.807) is 12.1 Å². The summed E-state index contributed by atoms with van der Waals surface area (Å²) >= 11 is 5.22. The molecule has 15 heavy (non-hydrogen) atoms. The fourth-order valence-corrected chi connectivity index (χ4v) is 2.59. The molecule has 1 N–H and O–H groups in total. The Hall–Kier alpha value is -0.810. The Morgan fingerprint density at radius 1 is 1.67 bits per heavy atom. The number of hydrogen-bond acceptors (Lipinski definition) is 3. The molecule has 0 heterocycles. The highest BCUT2D eigenvalue weighted by molar-refractivity contribution is 14.1. The lowest BCUT2D eigenvalue weighted by Crippen LogP contribution is -2.11. The first kappa shape index (κ1) is 12.3. The quantitative estimate of drug-likeness (QED) is 0.816. The highest BCUT2D eigenvalue weighted by atomic mass is 127. The molecule has 0 aliphatic rings. The summed E-state index contributed by atoms with van der Waals surface area (Å²) in [5, 5.41) is 17.3. The van der Waals surface area contributed by atoms with E-state index in [2.05, 4.69) is 15.9 Å². The van der Waals surface area contributed by atoms with Crippen LogP contribution in [0.2, 0.25) is 0 Å². The van der Waals surface area contributed by atoms with Gasteiger partial charge in [-0.3, -0.25) is 0 Å². The molecular weight excluding hydrogens is 377 g/mol. The lowest BCUT2D eigenvalue weighted by molar-refractivity contribution is -0.139. The monoisotopic (exact) mass is 381 g/mol. The molecule has 1 rings (SSSR count). The number of nitriles is 1. The zero-order valence-electron chi connectivity index (χ0n) is 7.33. The van der Waals surface area contributed by atoms with Crippen LogP contribution in [0.25, 0.3) is 0 Å². The first-order valence-electron chi connectivity index (χ1n) is 3.78. The highest BCUT2D eigenvalue weighted by Gasteiger charge is 2.11. The smallest absolute Gasteiger partial charge is 0.341 e. The van der Waals surface area contributed by atoms with E-state index in [4.69, 9.17) is 15.1 Å². The van der Waals surface area contributed by atoms with Gasteiger partial charge in [-0.25, -0.2) is 4.79 Å². The minimum absolute atomic E-state index is 0.309. The van der Waals surface area contributed by atoms with Gasteiger partial charge in [0.25, 0.3) is 0 Å². The summed E-state index contributed by atoms with van der Waals surface area (Å²) in [6.45, 7) is -0.452. The summed E-state index contributed by atoms with van der Waals surface area (Å²) < 4.78 is 6.47. The van der Waals surface area contributed by atoms with E-state index in [1.165, 1.54) is 0 Å². The van der Waals surface area contributed by atoms with E-state index >= 15 is 0 Å². The van der Waals surface area contributed by atoms with E-state index in [0.29, 0.717) is 14.9 Å². The van der Waals surface area contributed by atoms with Gasteiger partial charge >= 0.3 is 5.97 Å². The maximum Gasteiger partial charge on any atom is 0.341 e. The standard InChI is InChI=1S/C9H5BrINO3/c10-6-1-5(3-12)9(7(11)2-6)15-4-8(13)14/h1-2H,4H2,(H,13,14). The molecule has 0 bridgehead atoms. The van der Waals surface area contributed by atoms with Crippen LogP contribution < -0.4 is 4.74 Å². The number of rotatable bonds is 3. The van der Waals surface area contributed by atoms with Crippen molar-refractivity contribution in [2.45, 2.75) is 0 Å². The van der Waals surface area contributed by atoms with E-state index in [9.17, 15) is 4.79 Å². The average molecular weight is 382 g/mol. The average Bonchev–Trinajstić information content (AvgIpc) is 2.14.